The molecule has 1 unspecified atom stereocenters. The molecule has 1 aliphatic heterocycles. The lowest BCUT2D eigenvalue weighted by Crippen LogP contribution is -2.49. The zero-order valence-corrected chi connectivity index (χ0v) is 12.9. The predicted molar refractivity (Wildman–Crippen MR) is 82.8 cm³/mol. The van der Waals surface area contributed by atoms with Crippen LogP contribution in [0.5, 0.6) is 0 Å². The van der Waals surface area contributed by atoms with Crippen molar-refractivity contribution in [3.05, 3.63) is 27.6 Å². The fraction of sp³-hybridized carbons (Fsp3) is 0.500. The van der Waals surface area contributed by atoms with E-state index in [0.717, 1.165) is 22.8 Å². The van der Waals surface area contributed by atoms with Crippen molar-refractivity contribution in [2.75, 3.05) is 26.2 Å². The van der Waals surface area contributed by atoms with Crippen molar-refractivity contribution in [2.24, 2.45) is 0 Å². The minimum Gasteiger partial charge on any atom is -0.338 e. The Morgan fingerprint density at radius 2 is 2.14 bits per heavy atom. The van der Waals surface area contributed by atoms with Gasteiger partial charge in [-0.15, -0.1) is 11.3 Å². The molecule has 3 heterocycles. The molecule has 7 heteroatoms. The highest BCUT2D eigenvalue weighted by Crippen LogP contribution is 2.20. The van der Waals surface area contributed by atoms with Crippen LogP contribution in [-0.4, -0.2) is 46.5 Å². The lowest BCUT2D eigenvalue weighted by molar-refractivity contribution is -0.134. The first kappa shape index (κ1) is 14.2. The van der Waals surface area contributed by atoms with Gasteiger partial charge in [0.2, 0.25) is 5.91 Å². The molecule has 2 aromatic heterocycles. The number of aryl methyl sites for hydroxylation is 1. The first-order valence-electron chi connectivity index (χ1n) is 7.04. The molecule has 0 bridgehead atoms. The van der Waals surface area contributed by atoms with Gasteiger partial charge in [0.1, 0.15) is 10.9 Å². The summed E-state index contributed by atoms with van der Waals surface area (Å²) in [7, 11) is 0. The summed E-state index contributed by atoms with van der Waals surface area (Å²) in [4.78, 5) is 32.9. The summed E-state index contributed by atoms with van der Waals surface area (Å²) in [6, 6.07) is 1.32. The largest absolute Gasteiger partial charge is 0.338 e. The number of hydrogen-bond acceptors (Lipinski definition) is 5. The second-order valence-electron chi connectivity index (χ2n) is 5.28. The maximum atomic E-state index is 12.5. The molecule has 2 aromatic rings. The van der Waals surface area contributed by atoms with Crippen LogP contribution >= 0.6 is 11.3 Å². The molecule has 1 amide bonds. The molecular formula is C14H18N4O2S. The minimum absolute atomic E-state index is 0.0216. The normalized spacial score (nSPS) is 17.1. The number of aromatic nitrogens is 2. The monoisotopic (exact) mass is 306 g/mol. The van der Waals surface area contributed by atoms with Gasteiger partial charge in [-0.3, -0.25) is 14.2 Å². The third kappa shape index (κ3) is 2.58. The van der Waals surface area contributed by atoms with Crippen molar-refractivity contribution >= 4 is 27.5 Å². The quantitative estimate of drug-likeness (QED) is 0.889. The zero-order valence-electron chi connectivity index (χ0n) is 12.1. The first-order valence-corrected chi connectivity index (χ1v) is 7.86. The highest BCUT2D eigenvalue weighted by molar-refractivity contribution is 7.18. The summed E-state index contributed by atoms with van der Waals surface area (Å²) < 4.78 is 1.44. The van der Waals surface area contributed by atoms with Crippen LogP contribution in [0.1, 0.15) is 17.8 Å². The van der Waals surface area contributed by atoms with Gasteiger partial charge in [-0.25, -0.2) is 4.98 Å². The molecule has 1 atom stereocenters. The van der Waals surface area contributed by atoms with Crippen molar-refractivity contribution in [3.63, 3.8) is 0 Å². The van der Waals surface area contributed by atoms with Crippen LogP contribution in [-0.2, 0) is 4.79 Å². The summed E-state index contributed by atoms with van der Waals surface area (Å²) in [5.41, 5.74) is -0.139. The van der Waals surface area contributed by atoms with E-state index in [0.29, 0.717) is 18.5 Å². The standard InChI is InChI=1S/C14H18N4O2S/c1-9-7-11-12(21-9)16-8-18(14(11)20)10(2)13(19)17-5-3-15-4-6-17/h7-8,10,15H,3-6H2,1-2H3. The minimum atomic E-state index is -0.521. The number of thiophene rings is 1. The molecule has 0 saturated carbocycles. The molecule has 0 spiro atoms. The van der Waals surface area contributed by atoms with Crippen molar-refractivity contribution in [1.82, 2.24) is 19.8 Å². The molecule has 0 radical (unpaired) electrons. The van der Waals surface area contributed by atoms with Gasteiger partial charge in [0, 0.05) is 31.1 Å². The zero-order chi connectivity index (χ0) is 15.0. The molecule has 6 nitrogen and oxygen atoms in total. The van der Waals surface area contributed by atoms with Crippen LogP contribution in [0.3, 0.4) is 0 Å². The van der Waals surface area contributed by atoms with E-state index in [9.17, 15) is 9.59 Å². The van der Waals surface area contributed by atoms with Crippen LogP contribution in [0, 0.1) is 6.92 Å². The third-order valence-corrected chi connectivity index (χ3v) is 4.76. The Morgan fingerprint density at radius 3 is 2.86 bits per heavy atom. The number of carbonyl (C=O) groups excluding carboxylic acids is 1. The molecule has 1 aliphatic rings. The number of amides is 1. The van der Waals surface area contributed by atoms with E-state index >= 15 is 0 Å². The van der Waals surface area contributed by atoms with E-state index in [-0.39, 0.29) is 11.5 Å². The first-order chi connectivity index (χ1) is 10.1. The van der Waals surface area contributed by atoms with Gasteiger partial charge < -0.3 is 10.2 Å². The van der Waals surface area contributed by atoms with Gasteiger partial charge in [-0.1, -0.05) is 0 Å². The number of nitrogens with zero attached hydrogens (tertiary/aromatic N) is 3. The molecule has 0 aromatic carbocycles. The van der Waals surface area contributed by atoms with Gasteiger partial charge in [0.05, 0.1) is 11.7 Å². The van der Waals surface area contributed by atoms with Crippen molar-refractivity contribution in [2.45, 2.75) is 19.9 Å². The number of nitrogens with one attached hydrogen (secondary N) is 1. The van der Waals surface area contributed by atoms with E-state index in [1.165, 1.54) is 22.2 Å². The number of rotatable bonds is 2. The second-order valence-corrected chi connectivity index (χ2v) is 6.52. The average molecular weight is 306 g/mol. The molecule has 1 saturated heterocycles. The molecular weight excluding hydrogens is 288 g/mol. The fourth-order valence-electron chi connectivity index (χ4n) is 2.60. The summed E-state index contributed by atoms with van der Waals surface area (Å²) >= 11 is 1.50. The summed E-state index contributed by atoms with van der Waals surface area (Å²) in [6.45, 7) is 6.68. The predicted octanol–water partition coefficient (Wildman–Crippen LogP) is 0.759. The molecule has 0 aliphatic carbocycles. The van der Waals surface area contributed by atoms with Crippen molar-refractivity contribution < 1.29 is 4.79 Å². The van der Waals surface area contributed by atoms with Crippen LogP contribution < -0.4 is 10.9 Å². The average Bonchev–Trinajstić information content (AvgIpc) is 2.89. The van der Waals surface area contributed by atoms with Crippen LogP contribution in [0.4, 0.5) is 0 Å². The molecule has 1 N–H and O–H groups in total. The van der Waals surface area contributed by atoms with Gasteiger partial charge in [0.25, 0.3) is 5.56 Å². The lowest BCUT2D eigenvalue weighted by atomic mass is 10.2. The third-order valence-electron chi connectivity index (χ3n) is 3.80. The second kappa shape index (κ2) is 5.57. The van der Waals surface area contributed by atoms with Crippen molar-refractivity contribution in [3.8, 4) is 0 Å². The van der Waals surface area contributed by atoms with Gasteiger partial charge in [-0.05, 0) is 19.9 Å². The Labute approximate surface area is 126 Å². The van der Waals surface area contributed by atoms with E-state index in [1.54, 1.807) is 11.8 Å². The number of carbonyl (C=O) groups is 1. The lowest BCUT2D eigenvalue weighted by Gasteiger charge is -2.30. The van der Waals surface area contributed by atoms with Gasteiger partial charge in [0.15, 0.2) is 0 Å². The van der Waals surface area contributed by atoms with Gasteiger partial charge in [-0.2, -0.15) is 0 Å². The Bertz CT molecular complexity index is 730. The number of fused-ring (bicyclic) bond motifs is 1. The van der Waals surface area contributed by atoms with E-state index in [4.69, 9.17) is 0 Å². The van der Waals surface area contributed by atoms with Crippen LogP contribution in [0.15, 0.2) is 17.2 Å². The fourth-order valence-corrected chi connectivity index (χ4v) is 3.44. The number of piperazine rings is 1. The van der Waals surface area contributed by atoms with E-state index in [1.807, 2.05) is 13.0 Å². The Kier molecular flexibility index (Phi) is 3.77. The maximum Gasteiger partial charge on any atom is 0.262 e. The Balaban J connectivity index is 1.93. The highest BCUT2D eigenvalue weighted by atomic mass is 32.1. The SMILES string of the molecule is Cc1cc2c(=O)n(C(C)C(=O)N3CCNCC3)cnc2s1. The number of hydrogen-bond donors (Lipinski definition) is 1. The molecule has 21 heavy (non-hydrogen) atoms. The molecule has 112 valence electrons. The Morgan fingerprint density at radius 1 is 1.43 bits per heavy atom. The summed E-state index contributed by atoms with van der Waals surface area (Å²) in [6.07, 6.45) is 1.49. The van der Waals surface area contributed by atoms with E-state index < -0.39 is 6.04 Å². The topological polar surface area (TPSA) is 67.2 Å². The smallest absolute Gasteiger partial charge is 0.262 e. The van der Waals surface area contributed by atoms with E-state index in [2.05, 4.69) is 10.3 Å². The molecule has 1 fully saturated rings. The summed E-state index contributed by atoms with van der Waals surface area (Å²) in [5.74, 6) is -0.0216. The van der Waals surface area contributed by atoms with Crippen molar-refractivity contribution in [1.29, 1.82) is 0 Å². The highest BCUT2D eigenvalue weighted by Gasteiger charge is 2.24. The Hall–Kier alpha value is -1.73. The van der Waals surface area contributed by atoms with Gasteiger partial charge >= 0.3 is 0 Å². The molecule has 3 rings (SSSR count). The maximum absolute atomic E-state index is 12.5. The van der Waals surface area contributed by atoms with Crippen LogP contribution in [0.25, 0.3) is 10.2 Å². The summed E-state index contributed by atoms with van der Waals surface area (Å²) in [5, 5.41) is 3.81. The van der Waals surface area contributed by atoms with Crippen LogP contribution in [0.2, 0.25) is 0 Å².